The summed E-state index contributed by atoms with van der Waals surface area (Å²) in [6.45, 7) is 6.89. The number of carbonyl (C=O) groups is 1. The van der Waals surface area contributed by atoms with Crippen LogP contribution in [0.4, 0.5) is 0 Å². The first-order valence-electron chi connectivity index (χ1n) is 7.25. The molecular formula is C14H31N3O. The predicted octanol–water partition coefficient (Wildman–Crippen LogP) is 1.61. The summed E-state index contributed by atoms with van der Waals surface area (Å²) < 4.78 is 0. The Morgan fingerprint density at radius 2 is 1.83 bits per heavy atom. The molecule has 2 N–H and O–H groups in total. The Balaban J connectivity index is 3.41. The topological polar surface area (TPSA) is 44.4 Å². The maximum atomic E-state index is 11.5. The molecule has 0 radical (unpaired) electrons. The summed E-state index contributed by atoms with van der Waals surface area (Å²) in [6, 6.07) is -0.107. The van der Waals surface area contributed by atoms with Gasteiger partial charge >= 0.3 is 0 Å². The third-order valence-corrected chi connectivity index (χ3v) is 3.26. The van der Waals surface area contributed by atoms with Gasteiger partial charge in [-0.05, 0) is 34.0 Å². The lowest BCUT2D eigenvalue weighted by atomic mass is 10.1. The van der Waals surface area contributed by atoms with Crippen LogP contribution in [0.5, 0.6) is 0 Å². The van der Waals surface area contributed by atoms with E-state index >= 15 is 0 Å². The van der Waals surface area contributed by atoms with Gasteiger partial charge in [-0.15, -0.1) is 0 Å². The van der Waals surface area contributed by atoms with Gasteiger partial charge in [0, 0.05) is 13.1 Å². The van der Waals surface area contributed by atoms with Crippen LogP contribution in [0.15, 0.2) is 0 Å². The lowest BCUT2D eigenvalue weighted by Gasteiger charge is -2.17. The van der Waals surface area contributed by atoms with Gasteiger partial charge < -0.3 is 15.5 Å². The van der Waals surface area contributed by atoms with Gasteiger partial charge in [0.15, 0.2) is 0 Å². The molecule has 0 saturated carbocycles. The first-order valence-corrected chi connectivity index (χ1v) is 7.25. The molecule has 0 fully saturated rings. The van der Waals surface area contributed by atoms with Gasteiger partial charge in [-0.3, -0.25) is 4.79 Å². The van der Waals surface area contributed by atoms with E-state index in [-0.39, 0.29) is 11.9 Å². The van der Waals surface area contributed by atoms with Crippen molar-refractivity contribution >= 4 is 5.91 Å². The maximum absolute atomic E-state index is 11.5. The first kappa shape index (κ1) is 17.4. The highest BCUT2D eigenvalue weighted by molar-refractivity contribution is 5.81. The summed E-state index contributed by atoms with van der Waals surface area (Å²) >= 11 is 0. The van der Waals surface area contributed by atoms with E-state index in [1.807, 2.05) is 6.92 Å². The Hall–Kier alpha value is -0.610. The van der Waals surface area contributed by atoms with Crippen LogP contribution in [0, 0.1) is 0 Å². The van der Waals surface area contributed by atoms with Crippen LogP contribution in [0.1, 0.15) is 46.0 Å². The van der Waals surface area contributed by atoms with Crippen molar-refractivity contribution in [3.63, 3.8) is 0 Å². The predicted molar refractivity (Wildman–Crippen MR) is 77.8 cm³/mol. The van der Waals surface area contributed by atoms with Gasteiger partial charge in [0.1, 0.15) is 0 Å². The van der Waals surface area contributed by atoms with E-state index < -0.39 is 0 Å². The number of nitrogens with one attached hydrogen (secondary N) is 2. The summed E-state index contributed by atoms with van der Waals surface area (Å²) in [5.41, 5.74) is 0. The monoisotopic (exact) mass is 257 g/mol. The fourth-order valence-corrected chi connectivity index (χ4v) is 1.75. The highest BCUT2D eigenvalue weighted by Crippen LogP contribution is 2.02. The number of rotatable bonds is 11. The summed E-state index contributed by atoms with van der Waals surface area (Å²) in [5.74, 6) is 0.0776. The smallest absolute Gasteiger partial charge is 0.236 e. The second-order valence-corrected chi connectivity index (χ2v) is 5.02. The maximum Gasteiger partial charge on any atom is 0.236 e. The summed E-state index contributed by atoms with van der Waals surface area (Å²) in [4.78, 5) is 13.8. The van der Waals surface area contributed by atoms with E-state index in [0.29, 0.717) is 0 Å². The van der Waals surface area contributed by atoms with Crippen LogP contribution in [0.3, 0.4) is 0 Å². The summed E-state index contributed by atoms with van der Waals surface area (Å²) in [7, 11) is 3.92. The van der Waals surface area contributed by atoms with Gasteiger partial charge in [-0.2, -0.15) is 0 Å². The highest BCUT2D eigenvalue weighted by Gasteiger charge is 2.08. The van der Waals surface area contributed by atoms with Crippen LogP contribution < -0.4 is 10.6 Å². The van der Waals surface area contributed by atoms with E-state index in [1.54, 1.807) is 7.05 Å². The molecule has 1 amide bonds. The van der Waals surface area contributed by atoms with E-state index in [1.165, 1.54) is 32.1 Å². The van der Waals surface area contributed by atoms with Gasteiger partial charge in [-0.1, -0.05) is 32.6 Å². The number of likely N-dealkylation sites (N-methyl/N-ethyl adjacent to an activating group) is 2. The average Bonchev–Trinajstić information content (AvgIpc) is 2.37. The zero-order valence-corrected chi connectivity index (χ0v) is 12.6. The number of unbranched alkanes of at least 4 members (excludes halogenated alkanes) is 4. The zero-order chi connectivity index (χ0) is 13.8. The van der Waals surface area contributed by atoms with Crippen molar-refractivity contribution in [2.24, 2.45) is 0 Å². The molecule has 0 aromatic carbocycles. The molecule has 18 heavy (non-hydrogen) atoms. The second kappa shape index (κ2) is 11.5. The molecule has 0 aliphatic heterocycles. The van der Waals surface area contributed by atoms with Crippen LogP contribution in [0.2, 0.25) is 0 Å². The van der Waals surface area contributed by atoms with Crippen molar-refractivity contribution in [1.29, 1.82) is 0 Å². The van der Waals surface area contributed by atoms with Gasteiger partial charge in [0.25, 0.3) is 0 Å². The standard InChI is InChI=1S/C14H31N3O/c1-5-6-7-8-9-11-17(4)12-10-16-14(18)13(2)15-3/h13,15H,5-12H2,1-4H3,(H,16,18)/t13-/m0/s1. The minimum Gasteiger partial charge on any atom is -0.353 e. The fourth-order valence-electron chi connectivity index (χ4n) is 1.75. The minimum atomic E-state index is -0.107. The van der Waals surface area contributed by atoms with Crippen molar-refractivity contribution in [2.75, 3.05) is 33.7 Å². The zero-order valence-electron chi connectivity index (χ0n) is 12.6. The number of carbonyl (C=O) groups excluding carboxylic acids is 1. The quantitative estimate of drug-likeness (QED) is 0.553. The van der Waals surface area contributed by atoms with Crippen molar-refractivity contribution in [2.45, 2.75) is 52.0 Å². The summed E-state index contributed by atoms with van der Waals surface area (Å²) in [6.07, 6.45) is 6.58. The normalized spacial score (nSPS) is 12.7. The number of nitrogens with zero attached hydrogens (tertiary/aromatic N) is 1. The number of amides is 1. The molecule has 4 heteroatoms. The number of hydrogen-bond donors (Lipinski definition) is 2. The molecule has 0 aliphatic carbocycles. The van der Waals surface area contributed by atoms with E-state index in [2.05, 4.69) is 29.5 Å². The third-order valence-electron chi connectivity index (χ3n) is 3.26. The van der Waals surface area contributed by atoms with E-state index in [4.69, 9.17) is 0 Å². The fraction of sp³-hybridized carbons (Fsp3) is 0.929. The Morgan fingerprint density at radius 3 is 2.44 bits per heavy atom. The first-order chi connectivity index (χ1) is 8.61. The molecular weight excluding hydrogens is 226 g/mol. The molecule has 0 heterocycles. The molecule has 108 valence electrons. The van der Waals surface area contributed by atoms with Crippen LogP contribution in [0.25, 0.3) is 0 Å². The summed E-state index contributed by atoms with van der Waals surface area (Å²) in [5, 5.41) is 5.86. The van der Waals surface area contributed by atoms with Gasteiger partial charge in [0.05, 0.1) is 6.04 Å². The Labute approximate surface area is 113 Å². The molecule has 4 nitrogen and oxygen atoms in total. The molecule has 1 atom stereocenters. The van der Waals surface area contributed by atoms with Crippen LogP contribution >= 0.6 is 0 Å². The van der Waals surface area contributed by atoms with Crippen molar-refractivity contribution in [3.05, 3.63) is 0 Å². The van der Waals surface area contributed by atoms with Crippen LogP contribution in [-0.2, 0) is 4.79 Å². The van der Waals surface area contributed by atoms with Crippen LogP contribution in [-0.4, -0.2) is 50.6 Å². The molecule has 0 aromatic heterocycles. The average molecular weight is 257 g/mol. The lowest BCUT2D eigenvalue weighted by molar-refractivity contribution is -0.122. The molecule has 0 saturated heterocycles. The highest BCUT2D eigenvalue weighted by atomic mass is 16.2. The SMILES string of the molecule is CCCCCCCN(C)CCNC(=O)[C@H](C)NC. The van der Waals surface area contributed by atoms with Crippen molar-refractivity contribution in [3.8, 4) is 0 Å². The molecule has 0 spiro atoms. The molecule has 0 rings (SSSR count). The van der Waals surface area contributed by atoms with Crippen molar-refractivity contribution < 1.29 is 4.79 Å². The minimum absolute atomic E-state index is 0.0776. The Kier molecular flexibility index (Phi) is 11.1. The van der Waals surface area contributed by atoms with Gasteiger partial charge in [0.2, 0.25) is 5.91 Å². The molecule has 0 aliphatic rings. The van der Waals surface area contributed by atoms with Gasteiger partial charge in [-0.25, -0.2) is 0 Å². The van der Waals surface area contributed by atoms with E-state index in [9.17, 15) is 4.79 Å². The lowest BCUT2D eigenvalue weighted by Crippen LogP contribution is -2.43. The number of hydrogen-bond acceptors (Lipinski definition) is 3. The Morgan fingerprint density at radius 1 is 1.17 bits per heavy atom. The van der Waals surface area contributed by atoms with E-state index in [0.717, 1.165) is 19.6 Å². The second-order valence-electron chi connectivity index (χ2n) is 5.02. The third kappa shape index (κ3) is 9.42. The molecule has 0 bridgehead atoms. The Bertz CT molecular complexity index is 209. The molecule has 0 aromatic rings. The largest absolute Gasteiger partial charge is 0.353 e. The van der Waals surface area contributed by atoms with Crippen molar-refractivity contribution in [1.82, 2.24) is 15.5 Å². The molecule has 0 unspecified atom stereocenters.